The summed E-state index contributed by atoms with van der Waals surface area (Å²) in [5, 5.41) is 2.95. The van der Waals surface area contributed by atoms with E-state index in [1.54, 1.807) is 39.7 Å². The van der Waals surface area contributed by atoms with Crippen molar-refractivity contribution in [1.82, 2.24) is 15.2 Å². The van der Waals surface area contributed by atoms with Crippen molar-refractivity contribution in [1.29, 1.82) is 0 Å². The predicted molar refractivity (Wildman–Crippen MR) is 137 cm³/mol. The first kappa shape index (κ1) is 26.2. The first-order valence-corrected chi connectivity index (χ1v) is 12.1. The molecule has 0 saturated carbocycles. The highest BCUT2D eigenvalue weighted by atomic mass is 19.1. The zero-order valence-corrected chi connectivity index (χ0v) is 21.3. The van der Waals surface area contributed by atoms with Gasteiger partial charge in [0.25, 0.3) is 0 Å². The van der Waals surface area contributed by atoms with E-state index < -0.39 is 6.86 Å². The van der Waals surface area contributed by atoms with Gasteiger partial charge in [-0.15, -0.1) is 0 Å². The van der Waals surface area contributed by atoms with Gasteiger partial charge in [-0.1, -0.05) is 12.1 Å². The van der Waals surface area contributed by atoms with Crippen molar-refractivity contribution in [2.75, 3.05) is 41.3 Å². The molecule has 1 atom stereocenters. The summed E-state index contributed by atoms with van der Waals surface area (Å²) in [6.45, 7) is 0.175. The molecule has 1 aliphatic rings. The summed E-state index contributed by atoms with van der Waals surface area (Å²) in [6, 6.07) is 14.6. The minimum Gasteiger partial charge on any atom is -0.496 e. The average molecular weight is 510 g/mol. The number of carbonyl (C=O) groups excluding carboxylic acids is 1. The molecule has 2 aromatic carbocycles. The van der Waals surface area contributed by atoms with Crippen LogP contribution in [0.1, 0.15) is 28.4 Å². The van der Waals surface area contributed by atoms with E-state index >= 15 is 0 Å². The molecule has 1 aliphatic heterocycles. The molecule has 3 aromatic rings. The molecule has 1 amide bonds. The van der Waals surface area contributed by atoms with Crippen molar-refractivity contribution in [2.24, 2.45) is 0 Å². The molecule has 1 unspecified atom stereocenters. The van der Waals surface area contributed by atoms with Gasteiger partial charge in [-0.05, 0) is 54.8 Å². The van der Waals surface area contributed by atoms with E-state index in [0.717, 1.165) is 28.1 Å². The van der Waals surface area contributed by atoms with Crippen LogP contribution in [0, 0.1) is 0 Å². The van der Waals surface area contributed by atoms with Gasteiger partial charge in [0, 0.05) is 29.9 Å². The van der Waals surface area contributed by atoms with Crippen LogP contribution in [0.2, 0.25) is 0 Å². The molecule has 196 valence electrons. The molecule has 0 aliphatic carbocycles. The molecule has 8 nitrogen and oxygen atoms in total. The number of hydrogen-bond acceptors (Lipinski definition) is 7. The number of benzene rings is 2. The number of carbonyl (C=O) groups is 1. The highest BCUT2D eigenvalue weighted by Crippen LogP contribution is 2.43. The lowest BCUT2D eigenvalue weighted by Crippen LogP contribution is -2.43. The van der Waals surface area contributed by atoms with Crippen molar-refractivity contribution in [3.05, 3.63) is 77.1 Å². The van der Waals surface area contributed by atoms with E-state index in [1.165, 1.54) is 0 Å². The number of hydrogen-bond donors (Lipinski definition) is 1. The van der Waals surface area contributed by atoms with Gasteiger partial charge in [0.1, 0.15) is 11.5 Å². The molecule has 4 rings (SSSR count). The fraction of sp³-hybridized carbons (Fsp3) is 0.357. The Bertz CT molecular complexity index is 1210. The fourth-order valence-electron chi connectivity index (χ4n) is 4.80. The van der Waals surface area contributed by atoms with Crippen LogP contribution in [-0.4, -0.2) is 57.1 Å². The first-order chi connectivity index (χ1) is 18.1. The lowest BCUT2D eigenvalue weighted by Gasteiger charge is -2.38. The molecule has 9 heteroatoms. The third kappa shape index (κ3) is 6.11. The van der Waals surface area contributed by atoms with Crippen molar-refractivity contribution in [3.8, 4) is 23.0 Å². The smallest absolute Gasteiger partial charge is 0.234 e. The van der Waals surface area contributed by atoms with E-state index in [0.29, 0.717) is 43.2 Å². The zero-order valence-electron chi connectivity index (χ0n) is 21.3. The lowest BCUT2D eigenvalue weighted by atomic mass is 9.87. The van der Waals surface area contributed by atoms with Crippen LogP contribution in [0.5, 0.6) is 23.0 Å². The Morgan fingerprint density at radius 2 is 1.78 bits per heavy atom. The number of methoxy groups -OCH3 is 3. The van der Waals surface area contributed by atoms with E-state index in [4.69, 9.17) is 18.9 Å². The van der Waals surface area contributed by atoms with Crippen molar-refractivity contribution < 1.29 is 28.1 Å². The number of amides is 1. The Hall–Kier alpha value is -3.85. The number of nitrogens with zero attached hydrogens (tertiary/aromatic N) is 2. The Morgan fingerprint density at radius 1 is 1.03 bits per heavy atom. The van der Waals surface area contributed by atoms with Crippen LogP contribution in [-0.2, 0) is 24.2 Å². The molecule has 1 aromatic heterocycles. The van der Waals surface area contributed by atoms with Crippen LogP contribution in [0.4, 0.5) is 4.39 Å². The maximum absolute atomic E-state index is 13.4. The molecule has 0 radical (unpaired) electrons. The summed E-state index contributed by atoms with van der Waals surface area (Å²) in [6.07, 6.45) is 2.87. The predicted octanol–water partition coefficient (Wildman–Crippen LogP) is 3.87. The van der Waals surface area contributed by atoms with E-state index in [2.05, 4.69) is 15.2 Å². The Kier molecular flexibility index (Phi) is 8.79. The summed E-state index contributed by atoms with van der Waals surface area (Å²) in [5.41, 5.74) is 3.55. The quantitative estimate of drug-likeness (QED) is 0.420. The Labute approximate surface area is 216 Å². The van der Waals surface area contributed by atoms with Crippen molar-refractivity contribution in [2.45, 2.75) is 25.4 Å². The second-order valence-electron chi connectivity index (χ2n) is 8.64. The van der Waals surface area contributed by atoms with Gasteiger partial charge in [-0.2, -0.15) is 0 Å². The SMILES string of the molecule is COc1ccc(CC2c3c(OCF)ccc(OC)c3CCN2CC(=O)NCc2ccccn2)cc1OC. The number of pyridine rings is 1. The summed E-state index contributed by atoms with van der Waals surface area (Å²) in [5.74, 6) is 2.29. The number of fused-ring (bicyclic) bond motifs is 1. The van der Waals surface area contributed by atoms with E-state index in [9.17, 15) is 9.18 Å². The van der Waals surface area contributed by atoms with Crippen LogP contribution >= 0.6 is 0 Å². The van der Waals surface area contributed by atoms with Gasteiger partial charge in [-0.25, -0.2) is 4.39 Å². The molecular formula is C28H32FN3O5. The highest BCUT2D eigenvalue weighted by Gasteiger charge is 2.34. The minimum atomic E-state index is -0.952. The van der Waals surface area contributed by atoms with Crippen LogP contribution in [0.15, 0.2) is 54.7 Å². The third-order valence-corrected chi connectivity index (χ3v) is 6.54. The topological polar surface area (TPSA) is 82.2 Å². The number of ether oxygens (including phenoxy) is 4. The molecule has 0 fully saturated rings. The number of alkyl halides is 1. The number of nitrogens with one attached hydrogen (secondary N) is 1. The first-order valence-electron chi connectivity index (χ1n) is 12.1. The average Bonchev–Trinajstić information content (AvgIpc) is 2.93. The van der Waals surface area contributed by atoms with E-state index in [1.807, 2.05) is 36.4 Å². The van der Waals surface area contributed by atoms with Gasteiger partial charge in [-0.3, -0.25) is 14.7 Å². The minimum absolute atomic E-state index is 0.123. The number of aromatic nitrogens is 1. The summed E-state index contributed by atoms with van der Waals surface area (Å²) < 4.78 is 35.3. The second kappa shape index (κ2) is 12.4. The largest absolute Gasteiger partial charge is 0.496 e. The monoisotopic (exact) mass is 509 g/mol. The maximum atomic E-state index is 13.4. The number of halogens is 1. The molecule has 0 saturated heterocycles. The van der Waals surface area contributed by atoms with Gasteiger partial charge in [0.15, 0.2) is 11.5 Å². The summed E-state index contributed by atoms with van der Waals surface area (Å²) in [4.78, 5) is 19.3. The van der Waals surface area contributed by atoms with Crippen LogP contribution < -0.4 is 24.3 Å². The van der Waals surface area contributed by atoms with Crippen molar-refractivity contribution >= 4 is 5.91 Å². The molecule has 37 heavy (non-hydrogen) atoms. The standard InChI is InChI=1S/C28H32FN3O5/c1-34-23-9-10-25(37-18-29)28-21(23)11-13-32(17-27(33)31-16-20-6-4-5-12-30-20)22(28)14-19-7-8-24(35-2)26(15-19)36-3/h4-10,12,15,22H,11,13-14,16-18H2,1-3H3,(H,31,33). The van der Waals surface area contributed by atoms with Gasteiger partial charge in [0.2, 0.25) is 12.8 Å². The van der Waals surface area contributed by atoms with Gasteiger partial charge >= 0.3 is 0 Å². The zero-order chi connectivity index (χ0) is 26.2. The van der Waals surface area contributed by atoms with Crippen LogP contribution in [0.3, 0.4) is 0 Å². The molecule has 0 spiro atoms. The van der Waals surface area contributed by atoms with Crippen LogP contribution in [0.25, 0.3) is 0 Å². The van der Waals surface area contributed by atoms with E-state index in [-0.39, 0.29) is 18.5 Å². The normalized spacial score (nSPS) is 15.0. The molecule has 0 bridgehead atoms. The Balaban J connectivity index is 1.65. The second-order valence-corrected chi connectivity index (χ2v) is 8.64. The third-order valence-electron chi connectivity index (χ3n) is 6.54. The summed E-state index contributed by atoms with van der Waals surface area (Å²) >= 11 is 0. The fourth-order valence-corrected chi connectivity index (χ4v) is 4.80. The maximum Gasteiger partial charge on any atom is 0.234 e. The highest BCUT2D eigenvalue weighted by molar-refractivity contribution is 5.78. The Morgan fingerprint density at radius 3 is 2.49 bits per heavy atom. The lowest BCUT2D eigenvalue weighted by molar-refractivity contribution is -0.123. The molecule has 1 N–H and O–H groups in total. The molecular weight excluding hydrogens is 477 g/mol. The van der Waals surface area contributed by atoms with Crippen molar-refractivity contribution in [3.63, 3.8) is 0 Å². The van der Waals surface area contributed by atoms with Gasteiger partial charge in [0.05, 0.1) is 40.1 Å². The molecule has 2 heterocycles. The number of rotatable bonds is 11. The summed E-state index contributed by atoms with van der Waals surface area (Å²) in [7, 11) is 4.80. The van der Waals surface area contributed by atoms with Gasteiger partial charge < -0.3 is 24.3 Å².